The molecule has 3 amide bonds. The Morgan fingerprint density at radius 1 is 0.964 bits per heavy atom. The molecule has 3 heterocycles. The van der Waals surface area contributed by atoms with E-state index in [1.807, 2.05) is 51.1 Å². The van der Waals surface area contributed by atoms with Gasteiger partial charge in [-0.3, -0.25) is 14.4 Å². The van der Waals surface area contributed by atoms with Gasteiger partial charge in [-0.15, -0.1) is 11.3 Å². The molecule has 298 valence electrons. The van der Waals surface area contributed by atoms with Gasteiger partial charge in [0.25, 0.3) is 5.91 Å². The number of nitrogens with zero attached hydrogens (tertiary/aromatic N) is 3. The van der Waals surface area contributed by atoms with Crippen molar-refractivity contribution in [3.8, 4) is 16.2 Å². The highest BCUT2D eigenvalue weighted by atomic mass is 32.1. The molecule has 0 radical (unpaired) electrons. The molecule has 1 saturated heterocycles. The van der Waals surface area contributed by atoms with E-state index in [2.05, 4.69) is 10.3 Å². The molecule has 5 rings (SSSR count). The van der Waals surface area contributed by atoms with Gasteiger partial charge in [-0.05, 0) is 36.1 Å². The first kappa shape index (κ1) is 41.7. The number of fused-ring (bicyclic) bond motifs is 1. The van der Waals surface area contributed by atoms with Crippen LogP contribution in [-0.4, -0.2) is 133 Å². The fourth-order valence-electron chi connectivity index (χ4n) is 6.64. The lowest BCUT2D eigenvalue weighted by Crippen LogP contribution is -2.55. The van der Waals surface area contributed by atoms with E-state index in [1.54, 1.807) is 22.5 Å². The van der Waals surface area contributed by atoms with Crippen molar-refractivity contribution in [3.63, 3.8) is 0 Å². The summed E-state index contributed by atoms with van der Waals surface area (Å²) in [6, 6.07) is 11.3. The predicted octanol–water partition coefficient (Wildman–Crippen LogP) is 2.91. The number of carbonyl (C=O) groups excluding carboxylic acids is 3. The van der Waals surface area contributed by atoms with Crippen LogP contribution < -0.4 is 10.1 Å². The summed E-state index contributed by atoms with van der Waals surface area (Å²) in [5.74, 6) is -1.68. The normalized spacial score (nSPS) is 17.1. The number of carboxylic acid groups (broad SMARTS) is 1. The molecule has 55 heavy (non-hydrogen) atoms. The van der Waals surface area contributed by atoms with Crippen molar-refractivity contribution >= 4 is 35.0 Å². The number of carboxylic acids is 1. The zero-order chi connectivity index (χ0) is 39.3. The molecule has 3 N–H and O–H groups in total. The third-order valence-electron chi connectivity index (χ3n) is 9.29. The molecule has 0 aliphatic carbocycles. The molecule has 1 fully saturated rings. The lowest BCUT2D eigenvalue weighted by molar-refractivity contribution is -0.143. The highest BCUT2D eigenvalue weighted by Crippen LogP contribution is 2.33. The second-order valence-electron chi connectivity index (χ2n) is 13.6. The second-order valence-corrected chi connectivity index (χ2v) is 14.5. The number of rotatable bonds is 22. The van der Waals surface area contributed by atoms with Crippen LogP contribution in [0.5, 0.6) is 5.75 Å². The van der Waals surface area contributed by atoms with Crippen molar-refractivity contribution < 1.29 is 53.1 Å². The average Bonchev–Trinajstić information content (AvgIpc) is 3.87. The lowest BCUT2D eigenvalue weighted by atomic mass is 10.0. The fourth-order valence-corrected chi connectivity index (χ4v) is 7.44. The second kappa shape index (κ2) is 20.5. The molecule has 0 saturated carbocycles. The van der Waals surface area contributed by atoms with Gasteiger partial charge in [0.2, 0.25) is 11.8 Å². The number of aromatic nitrogens is 1. The number of hydrogen-bond donors (Lipinski definition) is 3. The topological polar surface area (TPSA) is 186 Å². The minimum absolute atomic E-state index is 0.00317. The van der Waals surface area contributed by atoms with Crippen molar-refractivity contribution in [3.05, 3.63) is 70.4 Å². The Bertz CT molecular complexity index is 1770. The number of carbonyl (C=O) groups is 4. The summed E-state index contributed by atoms with van der Waals surface area (Å²) in [7, 11) is 0. The molecule has 16 heteroatoms. The Hall–Kier alpha value is -4.45. The maximum absolute atomic E-state index is 14.1. The third kappa shape index (κ3) is 11.3. The third-order valence-corrected chi connectivity index (χ3v) is 10.3. The van der Waals surface area contributed by atoms with E-state index in [1.165, 1.54) is 16.2 Å². The summed E-state index contributed by atoms with van der Waals surface area (Å²) < 4.78 is 27.6. The van der Waals surface area contributed by atoms with E-state index in [0.717, 1.165) is 21.7 Å². The molecule has 2 aromatic carbocycles. The van der Waals surface area contributed by atoms with E-state index in [9.17, 15) is 24.3 Å². The maximum atomic E-state index is 14.1. The van der Waals surface area contributed by atoms with E-state index in [4.69, 9.17) is 28.8 Å². The molecule has 2 aliphatic heterocycles. The van der Waals surface area contributed by atoms with E-state index < -0.39 is 30.1 Å². The molecule has 3 atom stereocenters. The smallest absolute Gasteiger partial charge is 0.329 e. The van der Waals surface area contributed by atoms with Gasteiger partial charge >= 0.3 is 5.97 Å². The molecule has 3 aromatic rings. The van der Waals surface area contributed by atoms with Gasteiger partial charge in [0.15, 0.2) is 0 Å². The highest BCUT2D eigenvalue weighted by Gasteiger charge is 2.45. The fraction of sp³-hybridized carbons (Fsp3) is 0.513. The van der Waals surface area contributed by atoms with Crippen molar-refractivity contribution in [1.82, 2.24) is 20.1 Å². The average molecular weight is 783 g/mol. The molecule has 0 bridgehead atoms. The Balaban J connectivity index is 1.14. The highest BCUT2D eigenvalue weighted by molar-refractivity contribution is 7.13. The number of aliphatic carboxylic acids is 1. The molecule has 15 nitrogen and oxygen atoms in total. The Morgan fingerprint density at radius 3 is 2.27 bits per heavy atom. The summed E-state index contributed by atoms with van der Waals surface area (Å²) in [5, 5.41) is 22.2. The number of aliphatic hydroxyl groups is 1. The van der Waals surface area contributed by atoms with Gasteiger partial charge in [-0.25, -0.2) is 9.78 Å². The number of amides is 3. The molecular formula is C39H50N4O11S. The Kier molecular flexibility index (Phi) is 15.5. The number of aliphatic hydroxyl groups excluding tert-OH is 1. The number of aryl methyl sites for hydroxylation is 1. The standard InChI is InChI=1S/C39H50N4O11S/c1-25(2)35(43-21-29-6-4-5-7-31(29)38(43)48)39(49)42-22-30(44)19-32(42)37(47)40-20-28-9-8-27(36-26(3)41-24-55-36)18-33(28)54-17-16-52-13-12-50-10-11-51-14-15-53-23-34(45)46/h4-9,18,24-25,30,32,35,44H,10-17,19-23H2,1-3H3,(H,40,47)(H,45,46)/t30-,32+,35+/m1/s1. The quantitative estimate of drug-likeness (QED) is 0.127. The summed E-state index contributed by atoms with van der Waals surface area (Å²) in [6.07, 6.45) is -0.795. The summed E-state index contributed by atoms with van der Waals surface area (Å²) >= 11 is 1.52. The van der Waals surface area contributed by atoms with Crippen LogP contribution in [-0.2, 0) is 46.4 Å². The van der Waals surface area contributed by atoms with E-state index >= 15 is 0 Å². The molecule has 1 aromatic heterocycles. The monoisotopic (exact) mass is 782 g/mol. The lowest BCUT2D eigenvalue weighted by Gasteiger charge is -2.35. The first-order valence-electron chi connectivity index (χ1n) is 18.4. The van der Waals surface area contributed by atoms with Crippen LogP contribution in [0.25, 0.3) is 10.4 Å². The maximum Gasteiger partial charge on any atom is 0.329 e. The van der Waals surface area contributed by atoms with Crippen LogP contribution in [0.1, 0.15) is 47.4 Å². The van der Waals surface area contributed by atoms with Gasteiger partial charge in [0.05, 0.1) is 68.4 Å². The summed E-state index contributed by atoms with van der Waals surface area (Å²) in [4.78, 5) is 60.0. The Morgan fingerprint density at radius 2 is 1.64 bits per heavy atom. The van der Waals surface area contributed by atoms with Crippen LogP contribution in [0.3, 0.4) is 0 Å². The minimum atomic E-state index is -1.02. The van der Waals surface area contributed by atoms with Gasteiger partial charge < -0.3 is 49.0 Å². The molecule has 0 unspecified atom stereocenters. The molecule has 2 aliphatic rings. The van der Waals surface area contributed by atoms with Gasteiger partial charge in [0, 0.05) is 37.2 Å². The van der Waals surface area contributed by atoms with Crippen LogP contribution in [0, 0.1) is 12.8 Å². The van der Waals surface area contributed by atoms with Gasteiger partial charge in [0.1, 0.15) is 31.0 Å². The largest absolute Gasteiger partial charge is 0.491 e. The first-order valence-corrected chi connectivity index (χ1v) is 19.3. The van der Waals surface area contributed by atoms with Crippen LogP contribution in [0.2, 0.25) is 0 Å². The van der Waals surface area contributed by atoms with E-state index in [0.29, 0.717) is 49.8 Å². The predicted molar refractivity (Wildman–Crippen MR) is 202 cm³/mol. The van der Waals surface area contributed by atoms with Crippen LogP contribution >= 0.6 is 11.3 Å². The van der Waals surface area contributed by atoms with Crippen molar-refractivity contribution in [2.24, 2.45) is 5.92 Å². The summed E-state index contributed by atoms with van der Waals surface area (Å²) in [5.41, 5.74) is 5.74. The van der Waals surface area contributed by atoms with Gasteiger partial charge in [-0.1, -0.05) is 44.2 Å². The summed E-state index contributed by atoms with van der Waals surface area (Å²) in [6.45, 7) is 8.14. The first-order chi connectivity index (χ1) is 26.5. The van der Waals surface area contributed by atoms with Crippen molar-refractivity contribution in [2.45, 2.75) is 58.5 Å². The Labute approximate surface area is 324 Å². The van der Waals surface area contributed by atoms with Crippen molar-refractivity contribution in [1.29, 1.82) is 0 Å². The number of hydrogen-bond acceptors (Lipinski definition) is 12. The number of thiazole rings is 1. The SMILES string of the molecule is Cc1ncsc1-c1ccc(CNC(=O)[C@@H]2C[C@@H](O)CN2C(=O)[C@H](C(C)C)N2Cc3ccccc3C2=O)c(OCCOCCOCCOCCOCC(=O)O)c1. The number of β-amino-alcohol motifs (C(OH)–C–C–N with tert-alkyl or cyclic N) is 1. The van der Waals surface area contributed by atoms with Crippen LogP contribution in [0.15, 0.2) is 48.0 Å². The zero-order valence-electron chi connectivity index (χ0n) is 31.4. The number of nitrogens with one attached hydrogen (secondary N) is 1. The van der Waals surface area contributed by atoms with Crippen molar-refractivity contribution in [2.75, 3.05) is 66.0 Å². The molecule has 0 spiro atoms. The number of likely N-dealkylation sites (tertiary alicyclic amines) is 1. The molecular weight excluding hydrogens is 733 g/mol. The minimum Gasteiger partial charge on any atom is -0.491 e. The van der Waals surface area contributed by atoms with Gasteiger partial charge in [-0.2, -0.15) is 0 Å². The number of benzene rings is 2. The van der Waals surface area contributed by atoms with E-state index in [-0.39, 0.29) is 70.3 Å². The number of ether oxygens (including phenoxy) is 5. The zero-order valence-corrected chi connectivity index (χ0v) is 32.3. The van der Waals surface area contributed by atoms with Crippen LogP contribution in [0.4, 0.5) is 0 Å².